The maximum atomic E-state index is 6.10. The van der Waals surface area contributed by atoms with Gasteiger partial charge in [-0.3, -0.25) is 0 Å². The second-order valence-electron chi connectivity index (χ2n) is 4.79. The molecule has 1 atom stereocenters. The summed E-state index contributed by atoms with van der Waals surface area (Å²) < 4.78 is 0.918. The van der Waals surface area contributed by atoms with E-state index in [9.17, 15) is 0 Å². The van der Waals surface area contributed by atoms with Crippen LogP contribution in [0.5, 0.6) is 0 Å². The molecule has 1 unspecified atom stereocenters. The van der Waals surface area contributed by atoms with Crippen molar-refractivity contribution in [1.29, 1.82) is 0 Å². The highest BCUT2D eigenvalue weighted by molar-refractivity contribution is 9.10. The quantitative estimate of drug-likeness (QED) is 0.766. The van der Waals surface area contributed by atoms with E-state index in [2.05, 4.69) is 33.4 Å². The zero-order valence-electron chi connectivity index (χ0n) is 10.1. The lowest BCUT2D eigenvalue weighted by Crippen LogP contribution is -2.19. The van der Waals surface area contributed by atoms with Crippen molar-refractivity contribution in [3.63, 3.8) is 0 Å². The van der Waals surface area contributed by atoms with Crippen LogP contribution in [0.2, 0.25) is 10.0 Å². The fourth-order valence-corrected chi connectivity index (χ4v) is 3.13. The van der Waals surface area contributed by atoms with Gasteiger partial charge in [-0.15, -0.1) is 0 Å². The lowest BCUT2D eigenvalue weighted by molar-refractivity contribution is 0.774. The molecule has 98 valence electrons. The normalized spacial score (nSPS) is 17.3. The summed E-state index contributed by atoms with van der Waals surface area (Å²) in [4.78, 5) is 0. The molecule has 1 aliphatic carbocycles. The Morgan fingerprint density at radius 1 is 1.00 bits per heavy atom. The molecule has 0 spiro atoms. The molecule has 2 aromatic rings. The average molecular weight is 357 g/mol. The number of rotatable bonds is 2. The molecule has 0 radical (unpaired) electrons. The van der Waals surface area contributed by atoms with E-state index in [4.69, 9.17) is 23.2 Å². The van der Waals surface area contributed by atoms with E-state index >= 15 is 0 Å². The van der Waals surface area contributed by atoms with Crippen molar-refractivity contribution in [2.75, 3.05) is 5.32 Å². The smallest absolute Gasteiger partial charge is 0.0568 e. The second kappa shape index (κ2) is 5.35. The molecule has 0 saturated heterocycles. The number of halogens is 3. The van der Waals surface area contributed by atoms with Crippen LogP contribution in [0.25, 0.3) is 0 Å². The molecule has 1 nitrogen and oxygen atoms in total. The molecular weight excluding hydrogens is 345 g/mol. The first-order valence-electron chi connectivity index (χ1n) is 6.11. The third-order valence-electron chi connectivity index (χ3n) is 3.39. The van der Waals surface area contributed by atoms with E-state index in [1.54, 1.807) is 0 Å². The average Bonchev–Trinajstić information content (AvgIpc) is 2.75. The SMILES string of the molecule is Clc1ccc2c(c1)CC(Nc1ccc(Br)c(Cl)c1)C2. The fourth-order valence-electron chi connectivity index (χ4n) is 2.51. The van der Waals surface area contributed by atoms with Gasteiger partial charge in [0.25, 0.3) is 0 Å². The van der Waals surface area contributed by atoms with Gasteiger partial charge in [0.1, 0.15) is 0 Å². The summed E-state index contributed by atoms with van der Waals surface area (Å²) >= 11 is 15.5. The number of hydrogen-bond acceptors (Lipinski definition) is 1. The zero-order chi connectivity index (χ0) is 13.4. The van der Waals surface area contributed by atoms with Crippen LogP contribution >= 0.6 is 39.1 Å². The predicted molar refractivity (Wildman–Crippen MR) is 85.4 cm³/mol. The molecule has 1 N–H and O–H groups in total. The Morgan fingerprint density at radius 2 is 1.79 bits per heavy atom. The van der Waals surface area contributed by atoms with Gasteiger partial charge in [0.15, 0.2) is 0 Å². The zero-order valence-corrected chi connectivity index (χ0v) is 13.2. The Labute approximate surface area is 131 Å². The Morgan fingerprint density at radius 3 is 2.58 bits per heavy atom. The maximum absolute atomic E-state index is 6.10. The monoisotopic (exact) mass is 355 g/mol. The van der Waals surface area contributed by atoms with Gasteiger partial charge in [-0.1, -0.05) is 29.3 Å². The second-order valence-corrected chi connectivity index (χ2v) is 6.49. The third kappa shape index (κ3) is 2.91. The van der Waals surface area contributed by atoms with Crippen LogP contribution in [0.1, 0.15) is 11.1 Å². The van der Waals surface area contributed by atoms with Crippen molar-refractivity contribution in [2.24, 2.45) is 0 Å². The number of nitrogens with one attached hydrogen (secondary N) is 1. The number of anilines is 1. The summed E-state index contributed by atoms with van der Waals surface area (Å²) in [6.07, 6.45) is 2.03. The minimum absolute atomic E-state index is 0.408. The minimum Gasteiger partial charge on any atom is -0.382 e. The lowest BCUT2D eigenvalue weighted by atomic mass is 10.1. The van der Waals surface area contributed by atoms with Crippen molar-refractivity contribution in [3.05, 3.63) is 62.0 Å². The molecule has 0 fully saturated rings. The topological polar surface area (TPSA) is 12.0 Å². The van der Waals surface area contributed by atoms with Crippen LogP contribution in [0.4, 0.5) is 5.69 Å². The molecule has 3 rings (SSSR count). The van der Waals surface area contributed by atoms with Crippen molar-refractivity contribution in [2.45, 2.75) is 18.9 Å². The van der Waals surface area contributed by atoms with Crippen molar-refractivity contribution < 1.29 is 0 Å². The van der Waals surface area contributed by atoms with E-state index in [1.165, 1.54) is 11.1 Å². The van der Waals surface area contributed by atoms with Crippen molar-refractivity contribution in [3.8, 4) is 0 Å². The molecule has 0 saturated carbocycles. The van der Waals surface area contributed by atoms with Gasteiger partial charge in [-0.25, -0.2) is 0 Å². The third-order valence-corrected chi connectivity index (χ3v) is 4.86. The van der Waals surface area contributed by atoms with Gasteiger partial charge in [-0.2, -0.15) is 0 Å². The first kappa shape index (κ1) is 13.3. The highest BCUT2D eigenvalue weighted by Crippen LogP contribution is 2.29. The van der Waals surface area contributed by atoms with Gasteiger partial charge in [0.2, 0.25) is 0 Å². The van der Waals surface area contributed by atoms with Gasteiger partial charge in [-0.05, 0) is 70.2 Å². The molecule has 0 aromatic heterocycles. The van der Waals surface area contributed by atoms with E-state index in [1.807, 2.05) is 24.3 Å². The molecule has 0 bridgehead atoms. The Balaban J connectivity index is 1.75. The summed E-state index contributed by atoms with van der Waals surface area (Å²) in [5, 5.41) is 5.06. The molecule has 4 heteroatoms. The van der Waals surface area contributed by atoms with Crippen LogP contribution in [0.3, 0.4) is 0 Å². The summed E-state index contributed by atoms with van der Waals surface area (Å²) in [5.41, 5.74) is 3.77. The van der Waals surface area contributed by atoms with Gasteiger partial charge >= 0.3 is 0 Å². The van der Waals surface area contributed by atoms with Gasteiger partial charge in [0.05, 0.1) is 5.02 Å². The Bertz CT molecular complexity index is 628. The molecule has 0 heterocycles. The predicted octanol–water partition coefficient (Wildman–Crippen LogP) is 5.34. The van der Waals surface area contributed by atoms with Crippen LogP contribution < -0.4 is 5.32 Å². The first-order valence-corrected chi connectivity index (χ1v) is 7.65. The summed E-state index contributed by atoms with van der Waals surface area (Å²) in [5.74, 6) is 0. The largest absolute Gasteiger partial charge is 0.382 e. The molecular formula is C15H12BrCl2N. The van der Waals surface area contributed by atoms with E-state index < -0.39 is 0 Å². The van der Waals surface area contributed by atoms with Gasteiger partial charge < -0.3 is 5.32 Å². The molecule has 1 aliphatic rings. The number of benzene rings is 2. The Kier molecular flexibility index (Phi) is 3.75. The van der Waals surface area contributed by atoms with E-state index in [-0.39, 0.29) is 0 Å². The van der Waals surface area contributed by atoms with Crippen molar-refractivity contribution in [1.82, 2.24) is 0 Å². The van der Waals surface area contributed by atoms with Crippen molar-refractivity contribution >= 4 is 44.8 Å². The fraction of sp³-hybridized carbons (Fsp3) is 0.200. The van der Waals surface area contributed by atoms with E-state index in [0.717, 1.165) is 33.0 Å². The first-order chi connectivity index (χ1) is 9.11. The number of fused-ring (bicyclic) bond motifs is 1. The van der Waals surface area contributed by atoms with Gasteiger partial charge in [0, 0.05) is 21.2 Å². The minimum atomic E-state index is 0.408. The summed E-state index contributed by atoms with van der Waals surface area (Å²) in [6, 6.07) is 12.5. The van der Waals surface area contributed by atoms with Crippen LogP contribution in [0.15, 0.2) is 40.9 Å². The standard InChI is InChI=1S/C15H12BrCl2N/c16-14-4-3-12(8-15(14)18)19-13-6-9-1-2-11(17)5-10(9)7-13/h1-5,8,13,19H,6-7H2. The van der Waals surface area contributed by atoms with Crippen LogP contribution in [-0.2, 0) is 12.8 Å². The van der Waals surface area contributed by atoms with E-state index in [0.29, 0.717) is 6.04 Å². The lowest BCUT2D eigenvalue weighted by Gasteiger charge is -2.14. The molecule has 0 aliphatic heterocycles. The molecule has 19 heavy (non-hydrogen) atoms. The number of hydrogen-bond donors (Lipinski definition) is 1. The maximum Gasteiger partial charge on any atom is 0.0568 e. The summed E-state index contributed by atoms with van der Waals surface area (Å²) in [6.45, 7) is 0. The highest BCUT2D eigenvalue weighted by atomic mass is 79.9. The summed E-state index contributed by atoms with van der Waals surface area (Å²) in [7, 11) is 0. The van der Waals surface area contributed by atoms with Crippen LogP contribution in [-0.4, -0.2) is 6.04 Å². The highest BCUT2D eigenvalue weighted by Gasteiger charge is 2.21. The van der Waals surface area contributed by atoms with Crippen LogP contribution in [0, 0.1) is 0 Å². The Hall–Kier alpha value is -0.700. The molecule has 2 aromatic carbocycles. The molecule has 0 amide bonds.